The van der Waals surface area contributed by atoms with Gasteiger partial charge in [-0.1, -0.05) is 116 Å². The molecule has 2 bridgehead atoms. The normalized spacial score (nSPS) is 31.2. The Morgan fingerprint density at radius 3 is 2.26 bits per heavy atom. The van der Waals surface area contributed by atoms with Crippen LogP contribution < -0.4 is 0 Å². The predicted octanol–water partition coefficient (Wildman–Crippen LogP) is 11.1. The van der Waals surface area contributed by atoms with Crippen LogP contribution in [0, 0.1) is 24.7 Å². The molecule has 62 heavy (non-hydrogen) atoms. The lowest BCUT2D eigenvalue weighted by molar-refractivity contribution is -0.179. The van der Waals surface area contributed by atoms with Crippen molar-refractivity contribution in [1.29, 1.82) is 0 Å². The Kier molecular flexibility index (Phi) is 20.2. The van der Waals surface area contributed by atoms with E-state index in [1.54, 1.807) is 13.4 Å². The molecule has 0 radical (unpaired) electrons. The highest BCUT2D eigenvalue weighted by Crippen LogP contribution is 2.48. The molecule has 0 saturated carbocycles. The first-order valence-corrected chi connectivity index (χ1v) is 24.4. The first kappa shape index (κ1) is 50.2. The molecule has 1 N–H and O–H groups in total. The number of aliphatic hydroxyl groups is 1. The van der Waals surface area contributed by atoms with Crippen molar-refractivity contribution in [2.24, 2.45) is 17.8 Å². The van der Waals surface area contributed by atoms with Crippen molar-refractivity contribution in [3.05, 3.63) is 47.2 Å². The number of hydrogen-bond acceptors (Lipinski definition) is 11. The van der Waals surface area contributed by atoms with E-state index in [0.29, 0.717) is 31.6 Å². The largest absolute Gasteiger partial charge is 0.462 e. The van der Waals surface area contributed by atoms with Gasteiger partial charge in [0.1, 0.15) is 29.8 Å². The van der Waals surface area contributed by atoms with Gasteiger partial charge in [-0.3, -0.25) is 4.79 Å². The molecule has 5 rings (SSSR count). The van der Waals surface area contributed by atoms with Crippen molar-refractivity contribution < 1.29 is 47.5 Å². The van der Waals surface area contributed by atoms with Crippen LogP contribution >= 0.6 is 0 Å². The summed E-state index contributed by atoms with van der Waals surface area (Å²) in [4.78, 5) is 31.0. The van der Waals surface area contributed by atoms with E-state index >= 15 is 0 Å². The van der Waals surface area contributed by atoms with Gasteiger partial charge in [-0.15, -0.1) is 0 Å². The molecule has 4 fully saturated rings. The molecule has 0 spiro atoms. The van der Waals surface area contributed by atoms with E-state index in [2.05, 4.69) is 18.8 Å². The number of esters is 2. The van der Waals surface area contributed by atoms with Crippen molar-refractivity contribution in [2.45, 2.75) is 232 Å². The zero-order valence-electron chi connectivity index (χ0n) is 39.4. The second-order valence-corrected chi connectivity index (χ2v) is 19.3. The number of nitrogens with zero attached hydrogens (tertiary/aromatic N) is 1. The smallest absolute Gasteiger partial charge is 0.338 e. The number of fused-ring (bicyclic) bond motifs is 4. The fourth-order valence-corrected chi connectivity index (χ4v) is 9.80. The van der Waals surface area contributed by atoms with Crippen LogP contribution in [0.2, 0.25) is 0 Å². The summed E-state index contributed by atoms with van der Waals surface area (Å²) in [6.07, 6.45) is 26.2. The van der Waals surface area contributed by atoms with Crippen LogP contribution in [0.15, 0.2) is 40.1 Å². The number of epoxide rings is 2. The summed E-state index contributed by atoms with van der Waals surface area (Å²) in [7, 11) is 1.68. The Balaban J connectivity index is 1.26. The van der Waals surface area contributed by atoms with Gasteiger partial charge in [-0.25, -0.2) is 9.78 Å². The number of ether oxygens (including phenoxy) is 6. The highest BCUT2D eigenvalue weighted by atomic mass is 16.7. The van der Waals surface area contributed by atoms with Crippen molar-refractivity contribution in [2.75, 3.05) is 7.11 Å². The minimum atomic E-state index is -0.984. The highest BCUT2D eigenvalue weighted by Gasteiger charge is 2.60. The Labute approximate surface area is 373 Å². The number of aryl methyl sites for hydroxylation is 1. The van der Waals surface area contributed by atoms with Crippen LogP contribution in [0.25, 0.3) is 6.08 Å². The SMILES string of the molecule is CCCCCCCCCCCCCCCC(O)OC1CC(C(C)C(OC)/C(C)=C/C=C/C(C)=C/c2coc(C)n2)OC(=O)C2OC2CC2CC(=O)OC(C2)C(C)CCC2OC12C. The summed E-state index contributed by atoms with van der Waals surface area (Å²) in [6.45, 7) is 14.3. The van der Waals surface area contributed by atoms with Gasteiger partial charge in [0.2, 0.25) is 0 Å². The molecule has 1 aromatic rings. The van der Waals surface area contributed by atoms with E-state index < -0.39 is 42.3 Å². The quantitative estimate of drug-likeness (QED) is 0.0369. The van der Waals surface area contributed by atoms with E-state index in [1.165, 1.54) is 64.2 Å². The van der Waals surface area contributed by atoms with Crippen molar-refractivity contribution in [1.82, 2.24) is 4.98 Å². The molecule has 0 aliphatic carbocycles. The molecule has 4 saturated heterocycles. The first-order valence-electron chi connectivity index (χ1n) is 24.4. The second-order valence-electron chi connectivity index (χ2n) is 19.3. The predicted molar refractivity (Wildman–Crippen MR) is 241 cm³/mol. The molecule has 4 aliphatic rings. The third-order valence-corrected chi connectivity index (χ3v) is 13.9. The number of cyclic esters (lactones) is 1. The van der Waals surface area contributed by atoms with Gasteiger partial charge >= 0.3 is 11.9 Å². The number of allylic oxidation sites excluding steroid dienone is 4. The summed E-state index contributed by atoms with van der Waals surface area (Å²) in [5.74, 6) is -0.0541. The standard InChI is InChI=1S/C51H81NO10/c1-9-10-11-12-13-14-15-16-17-18-19-20-21-25-46(53)61-45-32-42(37(5)48(56-8)36(4)24-22-23-34(2)28-40-33-57-38(6)52-40)60-50(55)49-43(59-49)30-39-29-41(58-47(54)31-39)35(3)26-27-44-51(45,7)62-44/h22-24,28,33,35,37,39,41-46,48-49,53H,9-21,25-27,29-32H2,1-8H3/b23-22+,34-28+,36-24+. The number of unbranched alkanes of at least 4 members (excludes halogenated alkanes) is 12. The Morgan fingerprint density at radius 1 is 0.952 bits per heavy atom. The minimum Gasteiger partial charge on any atom is -0.462 e. The molecule has 5 heterocycles. The molecule has 11 heteroatoms. The van der Waals surface area contributed by atoms with Gasteiger partial charge in [-0.05, 0) is 88.4 Å². The molecule has 12 unspecified atom stereocenters. The lowest BCUT2D eigenvalue weighted by atomic mass is 9.82. The fourth-order valence-electron chi connectivity index (χ4n) is 9.80. The third kappa shape index (κ3) is 15.7. The average Bonchev–Trinajstić information content (AvgIpc) is 4.11. The second kappa shape index (κ2) is 25.0. The monoisotopic (exact) mass is 868 g/mol. The number of rotatable bonds is 23. The number of aliphatic hydroxyl groups excluding tert-OH is 1. The maximum absolute atomic E-state index is 13.9. The maximum Gasteiger partial charge on any atom is 0.338 e. The molecule has 0 amide bonds. The summed E-state index contributed by atoms with van der Waals surface area (Å²) in [5.41, 5.74) is 2.03. The number of aromatic nitrogens is 1. The zero-order chi connectivity index (χ0) is 44.6. The minimum absolute atomic E-state index is 0.0861. The van der Waals surface area contributed by atoms with Gasteiger partial charge in [0.15, 0.2) is 18.3 Å². The van der Waals surface area contributed by atoms with Crippen molar-refractivity contribution in [3.8, 4) is 0 Å². The van der Waals surface area contributed by atoms with E-state index in [-0.39, 0.29) is 42.0 Å². The molecular weight excluding hydrogens is 787 g/mol. The number of methoxy groups -OCH3 is 1. The van der Waals surface area contributed by atoms with Crippen LogP contribution in [0.4, 0.5) is 0 Å². The molecule has 11 nitrogen and oxygen atoms in total. The number of carbonyl (C=O) groups excluding carboxylic acids is 2. The lowest BCUT2D eigenvalue weighted by Crippen LogP contribution is -2.44. The van der Waals surface area contributed by atoms with Gasteiger partial charge in [0, 0.05) is 32.8 Å². The number of carbonyl (C=O) groups is 2. The average molecular weight is 868 g/mol. The summed E-state index contributed by atoms with van der Waals surface area (Å²) < 4.78 is 42.8. The Bertz CT molecular complexity index is 1620. The van der Waals surface area contributed by atoms with Gasteiger partial charge in [0.25, 0.3) is 0 Å². The molecular formula is C51H81NO10. The van der Waals surface area contributed by atoms with Gasteiger partial charge < -0.3 is 37.9 Å². The van der Waals surface area contributed by atoms with Crippen molar-refractivity contribution >= 4 is 18.0 Å². The number of oxazole rings is 1. The van der Waals surface area contributed by atoms with Crippen LogP contribution in [-0.4, -0.2) is 83.8 Å². The topological polar surface area (TPSA) is 142 Å². The van der Waals surface area contributed by atoms with E-state index in [9.17, 15) is 14.7 Å². The van der Waals surface area contributed by atoms with Crippen LogP contribution in [-0.2, 0) is 38.0 Å². The van der Waals surface area contributed by atoms with E-state index in [0.717, 1.165) is 55.4 Å². The Morgan fingerprint density at radius 2 is 1.61 bits per heavy atom. The van der Waals surface area contributed by atoms with Crippen LogP contribution in [0.5, 0.6) is 0 Å². The summed E-state index contributed by atoms with van der Waals surface area (Å²) >= 11 is 0. The summed E-state index contributed by atoms with van der Waals surface area (Å²) in [5, 5.41) is 11.4. The molecule has 1 aromatic heterocycles. The highest BCUT2D eigenvalue weighted by molar-refractivity contribution is 5.78. The zero-order valence-corrected chi connectivity index (χ0v) is 39.4. The molecule has 350 valence electrons. The molecule has 0 aromatic carbocycles. The third-order valence-electron chi connectivity index (χ3n) is 13.9. The number of hydrogen-bond donors (Lipinski definition) is 1. The Hall–Kier alpha value is -2.83. The van der Waals surface area contributed by atoms with E-state index in [4.69, 9.17) is 32.8 Å². The fraction of sp³-hybridized carbons (Fsp3) is 0.784. The van der Waals surface area contributed by atoms with Crippen LogP contribution in [0.3, 0.4) is 0 Å². The van der Waals surface area contributed by atoms with Gasteiger partial charge in [-0.2, -0.15) is 0 Å². The van der Waals surface area contributed by atoms with E-state index in [1.807, 2.05) is 58.9 Å². The first-order chi connectivity index (χ1) is 29.8. The van der Waals surface area contributed by atoms with Gasteiger partial charge in [0.05, 0.1) is 24.4 Å². The molecule has 12 atom stereocenters. The van der Waals surface area contributed by atoms with Crippen molar-refractivity contribution in [3.63, 3.8) is 0 Å². The molecule has 4 aliphatic heterocycles. The van der Waals surface area contributed by atoms with Crippen LogP contribution in [0.1, 0.15) is 182 Å². The maximum atomic E-state index is 13.9. The summed E-state index contributed by atoms with van der Waals surface area (Å²) in [6, 6.07) is 0. The lowest BCUT2D eigenvalue weighted by Gasteiger charge is -2.35.